The predicted molar refractivity (Wildman–Crippen MR) is 113 cm³/mol. The third kappa shape index (κ3) is 5.49. The van der Waals surface area contributed by atoms with Gasteiger partial charge in [0.2, 0.25) is 22.8 Å². The van der Waals surface area contributed by atoms with Gasteiger partial charge in [-0.15, -0.1) is 10.2 Å². The van der Waals surface area contributed by atoms with Crippen molar-refractivity contribution in [1.82, 2.24) is 20.3 Å². The van der Waals surface area contributed by atoms with Gasteiger partial charge >= 0.3 is 0 Å². The lowest BCUT2D eigenvalue weighted by Crippen LogP contribution is -2.12. The van der Waals surface area contributed by atoms with Gasteiger partial charge < -0.3 is 9.84 Å². The quantitative estimate of drug-likeness (QED) is 0.316. The van der Waals surface area contributed by atoms with E-state index in [1.165, 1.54) is 29.0 Å². The van der Waals surface area contributed by atoms with Crippen LogP contribution in [0.15, 0.2) is 63.5 Å². The molecule has 30 heavy (non-hydrogen) atoms. The van der Waals surface area contributed by atoms with Crippen LogP contribution < -0.4 is 5.32 Å². The van der Waals surface area contributed by atoms with Gasteiger partial charge in [-0.3, -0.25) is 4.79 Å². The summed E-state index contributed by atoms with van der Waals surface area (Å²) in [5.41, 5.74) is 1.84. The summed E-state index contributed by atoms with van der Waals surface area (Å²) in [7, 11) is 0. The van der Waals surface area contributed by atoms with E-state index in [0.29, 0.717) is 22.4 Å². The molecular formula is C20H16FN5O2S2. The summed E-state index contributed by atoms with van der Waals surface area (Å²) >= 11 is 2.90. The zero-order valence-corrected chi connectivity index (χ0v) is 17.3. The minimum absolute atomic E-state index is 0.164. The van der Waals surface area contributed by atoms with Crippen LogP contribution in [0.25, 0.3) is 11.4 Å². The number of aromatic nitrogens is 4. The summed E-state index contributed by atoms with van der Waals surface area (Å²) in [5, 5.41) is 15.2. The van der Waals surface area contributed by atoms with Crippen molar-refractivity contribution in [3.8, 4) is 11.4 Å². The van der Waals surface area contributed by atoms with Crippen LogP contribution in [0.3, 0.4) is 0 Å². The number of carbonyl (C=O) groups excluding carboxylic acids is 1. The zero-order chi connectivity index (χ0) is 20.8. The molecule has 10 heteroatoms. The molecule has 0 atom stereocenters. The van der Waals surface area contributed by atoms with Gasteiger partial charge in [0.05, 0.1) is 0 Å². The number of halogens is 1. The third-order valence-corrected chi connectivity index (χ3v) is 6.04. The van der Waals surface area contributed by atoms with Gasteiger partial charge in [-0.25, -0.2) is 4.39 Å². The van der Waals surface area contributed by atoms with Crippen molar-refractivity contribution >= 4 is 34.1 Å². The van der Waals surface area contributed by atoms with Crippen LogP contribution >= 0.6 is 23.1 Å². The van der Waals surface area contributed by atoms with E-state index in [0.717, 1.165) is 10.1 Å². The lowest BCUT2D eigenvalue weighted by atomic mass is 10.2. The summed E-state index contributed by atoms with van der Waals surface area (Å²) < 4.78 is 19.0. The second kappa shape index (κ2) is 9.59. The second-order valence-electron chi connectivity index (χ2n) is 6.21. The lowest BCUT2D eigenvalue weighted by molar-refractivity contribution is -0.116. The lowest BCUT2D eigenvalue weighted by Gasteiger charge is -1.98. The molecule has 0 aliphatic carbocycles. The highest BCUT2D eigenvalue weighted by atomic mass is 32.2. The number of nitrogens with one attached hydrogen (secondary N) is 1. The van der Waals surface area contributed by atoms with E-state index < -0.39 is 0 Å². The van der Waals surface area contributed by atoms with Gasteiger partial charge in [0.15, 0.2) is 4.34 Å². The minimum atomic E-state index is -0.336. The molecule has 7 nitrogen and oxygen atoms in total. The van der Waals surface area contributed by atoms with E-state index in [1.54, 1.807) is 23.9 Å². The molecular weight excluding hydrogens is 425 g/mol. The fourth-order valence-electron chi connectivity index (χ4n) is 2.51. The molecule has 1 N–H and O–H groups in total. The van der Waals surface area contributed by atoms with Crippen molar-refractivity contribution in [2.75, 3.05) is 5.32 Å². The topological polar surface area (TPSA) is 93.8 Å². The molecule has 4 rings (SSSR count). The van der Waals surface area contributed by atoms with Crippen molar-refractivity contribution in [2.24, 2.45) is 0 Å². The molecule has 2 aromatic carbocycles. The number of benzene rings is 2. The molecule has 4 aromatic rings. The average Bonchev–Trinajstić information content (AvgIpc) is 3.42. The van der Waals surface area contributed by atoms with Crippen molar-refractivity contribution in [3.05, 3.63) is 71.9 Å². The van der Waals surface area contributed by atoms with Crippen molar-refractivity contribution in [2.45, 2.75) is 22.9 Å². The molecule has 2 aromatic heterocycles. The van der Waals surface area contributed by atoms with E-state index in [9.17, 15) is 9.18 Å². The molecule has 1 amide bonds. The Morgan fingerprint density at radius 2 is 1.90 bits per heavy atom. The maximum Gasteiger partial charge on any atom is 0.227 e. The van der Waals surface area contributed by atoms with Crippen molar-refractivity contribution < 1.29 is 13.7 Å². The Labute approximate surface area is 179 Å². The van der Waals surface area contributed by atoms with Crippen molar-refractivity contribution in [1.29, 1.82) is 0 Å². The molecule has 0 fully saturated rings. The summed E-state index contributed by atoms with van der Waals surface area (Å²) in [6.07, 6.45) is 0.450. The number of thioether (sulfide) groups is 1. The Kier molecular flexibility index (Phi) is 6.45. The van der Waals surface area contributed by atoms with Gasteiger partial charge in [0.1, 0.15) is 5.82 Å². The SMILES string of the molecule is O=C(CCc1nc(-c2ccc(F)cc2)no1)Nc1nnc(SCc2ccccc2)s1. The Morgan fingerprint density at radius 1 is 1.10 bits per heavy atom. The predicted octanol–water partition coefficient (Wildman–Crippen LogP) is 4.59. The average molecular weight is 442 g/mol. The maximum atomic E-state index is 13.0. The van der Waals surface area contributed by atoms with Crippen LogP contribution in [-0.2, 0) is 17.0 Å². The first-order chi connectivity index (χ1) is 14.7. The van der Waals surface area contributed by atoms with Crippen LogP contribution in [0.4, 0.5) is 9.52 Å². The van der Waals surface area contributed by atoms with Crippen molar-refractivity contribution in [3.63, 3.8) is 0 Å². The second-order valence-corrected chi connectivity index (χ2v) is 8.41. The first kappa shape index (κ1) is 20.2. The van der Waals surface area contributed by atoms with Gasteiger partial charge in [-0.1, -0.05) is 58.6 Å². The number of hydrogen-bond donors (Lipinski definition) is 1. The van der Waals surface area contributed by atoms with E-state index in [-0.39, 0.29) is 24.6 Å². The molecule has 0 saturated carbocycles. The molecule has 152 valence electrons. The van der Waals surface area contributed by atoms with E-state index in [4.69, 9.17) is 4.52 Å². The first-order valence-corrected chi connectivity index (χ1v) is 10.8. The van der Waals surface area contributed by atoms with Gasteiger partial charge in [-0.05, 0) is 29.8 Å². The Bertz CT molecular complexity index is 1120. The summed E-state index contributed by atoms with van der Waals surface area (Å²) in [6.45, 7) is 0. The highest BCUT2D eigenvalue weighted by Gasteiger charge is 2.13. The monoisotopic (exact) mass is 441 g/mol. The number of nitrogens with zero attached hydrogens (tertiary/aromatic N) is 4. The summed E-state index contributed by atoms with van der Waals surface area (Å²) in [6, 6.07) is 15.9. The number of carbonyl (C=O) groups is 1. The van der Waals surface area contributed by atoms with Gasteiger partial charge in [0.25, 0.3) is 0 Å². The summed E-state index contributed by atoms with van der Waals surface area (Å²) in [5.74, 6) is 0.928. The van der Waals surface area contributed by atoms with Crippen LogP contribution in [0.5, 0.6) is 0 Å². The number of aryl methyl sites for hydroxylation is 1. The third-order valence-electron chi connectivity index (χ3n) is 3.99. The highest BCUT2D eigenvalue weighted by molar-refractivity contribution is 8.00. The summed E-state index contributed by atoms with van der Waals surface area (Å²) in [4.78, 5) is 16.4. The fraction of sp³-hybridized carbons (Fsp3) is 0.150. The van der Waals surface area contributed by atoms with Gasteiger partial charge in [-0.2, -0.15) is 4.98 Å². The largest absolute Gasteiger partial charge is 0.339 e. The molecule has 0 spiro atoms. The Hall–Kier alpha value is -3.11. The highest BCUT2D eigenvalue weighted by Crippen LogP contribution is 2.28. The number of amides is 1. The Balaban J connectivity index is 1.25. The molecule has 0 aliphatic heterocycles. The maximum absolute atomic E-state index is 13.0. The molecule has 0 unspecified atom stereocenters. The van der Waals surface area contributed by atoms with E-state index >= 15 is 0 Å². The number of anilines is 1. The zero-order valence-electron chi connectivity index (χ0n) is 15.6. The van der Waals surface area contributed by atoms with Crippen LogP contribution in [0.2, 0.25) is 0 Å². The smallest absolute Gasteiger partial charge is 0.227 e. The van der Waals surface area contributed by atoms with Crippen LogP contribution in [-0.4, -0.2) is 26.2 Å². The molecule has 0 bridgehead atoms. The van der Waals surface area contributed by atoms with Crippen LogP contribution in [0, 0.1) is 5.82 Å². The molecule has 0 saturated heterocycles. The molecule has 0 aliphatic rings. The number of hydrogen-bond acceptors (Lipinski definition) is 8. The van der Waals surface area contributed by atoms with Crippen LogP contribution in [0.1, 0.15) is 17.9 Å². The van der Waals surface area contributed by atoms with E-state index in [1.807, 2.05) is 18.2 Å². The molecule has 2 heterocycles. The standard InChI is InChI=1S/C20H16FN5O2S2/c21-15-8-6-14(7-9-15)18-23-17(28-26-18)11-10-16(27)22-19-24-25-20(30-19)29-12-13-4-2-1-3-5-13/h1-9H,10-12H2,(H,22,24,27). The van der Waals surface area contributed by atoms with E-state index in [2.05, 4.69) is 37.8 Å². The Morgan fingerprint density at radius 3 is 2.70 bits per heavy atom. The first-order valence-electron chi connectivity index (χ1n) is 9.04. The van der Waals surface area contributed by atoms with Gasteiger partial charge in [0, 0.05) is 24.2 Å². The molecule has 0 radical (unpaired) electrons. The number of rotatable bonds is 8. The fourth-order valence-corrected chi connectivity index (χ4v) is 4.24. The normalized spacial score (nSPS) is 10.8. The minimum Gasteiger partial charge on any atom is -0.339 e.